The first-order chi connectivity index (χ1) is 7.30. The Balaban J connectivity index is 2.59. The minimum atomic E-state index is 0.226. The van der Waals surface area contributed by atoms with Crippen LogP contribution in [0.2, 0.25) is 0 Å². The predicted octanol–water partition coefficient (Wildman–Crippen LogP) is 3.97. The molecule has 0 aliphatic heterocycles. The number of hydrogen-bond acceptors (Lipinski definition) is 1. The molecule has 82 valence electrons. The van der Waals surface area contributed by atoms with Crippen molar-refractivity contribution >= 4 is 5.78 Å². The Morgan fingerprint density at radius 3 is 2.47 bits per heavy atom. The number of Topliss-reactive ketones (excluding diaryl/α,β-unsaturated/α-hetero) is 1. The molecule has 0 saturated carbocycles. The zero-order valence-corrected chi connectivity index (χ0v) is 9.54. The molecule has 0 fully saturated rings. The third kappa shape index (κ3) is 5.36. The van der Waals surface area contributed by atoms with Crippen LogP contribution in [-0.4, -0.2) is 5.78 Å². The molecule has 1 rings (SSSR count). The van der Waals surface area contributed by atoms with Gasteiger partial charge in [0.1, 0.15) is 0 Å². The molecule has 0 radical (unpaired) electrons. The van der Waals surface area contributed by atoms with Crippen molar-refractivity contribution in [3.05, 3.63) is 36.0 Å². The van der Waals surface area contributed by atoms with Gasteiger partial charge >= 0.3 is 0 Å². The van der Waals surface area contributed by atoms with E-state index in [2.05, 4.69) is 30.4 Å². The Kier molecular flexibility index (Phi) is 5.76. The second-order valence-electron chi connectivity index (χ2n) is 3.93. The third-order valence-electron chi connectivity index (χ3n) is 2.60. The van der Waals surface area contributed by atoms with E-state index in [1.54, 1.807) is 6.92 Å². The minimum Gasteiger partial charge on any atom is -0.295 e. The van der Waals surface area contributed by atoms with Gasteiger partial charge in [0.25, 0.3) is 0 Å². The number of allylic oxidation sites excluding steroid dienone is 6. The lowest BCUT2D eigenvalue weighted by atomic mass is 10.0. The summed E-state index contributed by atoms with van der Waals surface area (Å²) in [6.45, 7) is 1.66. The molecule has 0 aromatic rings. The number of hydrogen-bond donors (Lipinski definition) is 0. The van der Waals surface area contributed by atoms with Crippen LogP contribution >= 0.6 is 0 Å². The van der Waals surface area contributed by atoms with Gasteiger partial charge in [0.05, 0.1) is 0 Å². The van der Waals surface area contributed by atoms with Crippen LogP contribution in [0.3, 0.4) is 0 Å². The Labute approximate surface area is 92.6 Å². The van der Waals surface area contributed by atoms with Gasteiger partial charge in [-0.25, -0.2) is 0 Å². The highest BCUT2D eigenvalue weighted by molar-refractivity contribution is 5.93. The van der Waals surface area contributed by atoms with Crippen molar-refractivity contribution in [1.82, 2.24) is 0 Å². The predicted molar refractivity (Wildman–Crippen MR) is 64.7 cm³/mol. The smallest absolute Gasteiger partial charge is 0.155 e. The summed E-state index contributed by atoms with van der Waals surface area (Å²) in [7, 11) is 0. The number of carbonyl (C=O) groups is 1. The van der Waals surface area contributed by atoms with E-state index in [0.29, 0.717) is 0 Å². The number of carbonyl (C=O) groups excluding carboxylic acids is 1. The minimum absolute atomic E-state index is 0.226. The summed E-state index contributed by atoms with van der Waals surface area (Å²) in [5.41, 5.74) is 0.994. The maximum absolute atomic E-state index is 11.3. The molecule has 1 heteroatoms. The standard InChI is InChI=1S/C14H20O/c1-13(15)14-11-9-7-5-3-2-4-6-8-10-12-14/h3,5-6,8,12H,2,4,7,9-11H2,1H3/b5-3-,8-6-,14-12-. The Bertz CT molecular complexity index is 282. The Morgan fingerprint density at radius 1 is 1.07 bits per heavy atom. The Hall–Kier alpha value is -1.11. The summed E-state index contributed by atoms with van der Waals surface area (Å²) in [6.07, 6.45) is 17.1. The van der Waals surface area contributed by atoms with Crippen molar-refractivity contribution in [2.24, 2.45) is 0 Å². The van der Waals surface area contributed by atoms with Gasteiger partial charge in [-0.2, -0.15) is 0 Å². The molecule has 0 N–H and O–H groups in total. The van der Waals surface area contributed by atoms with Crippen LogP contribution in [0.15, 0.2) is 36.0 Å². The van der Waals surface area contributed by atoms with Gasteiger partial charge in [0, 0.05) is 0 Å². The molecule has 0 aromatic heterocycles. The summed E-state index contributed by atoms with van der Waals surface area (Å²) < 4.78 is 0. The average molecular weight is 204 g/mol. The van der Waals surface area contributed by atoms with Gasteiger partial charge in [-0.1, -0.05) is 30.4 Å². The quantitative estimate of drug-likeness (QED) is 0.591. The first kappa shape index (κ1) is 12.0. The lowest BCUT2D eigenvalue weighted by molar-refractivity contribution is -0.113. The fourth-order valence-electron chi connectivity index (χ4n) is 1.68. The molecule has 1 aliphatic carbocycles. The van der Waals surface area contributed by atoms with Crippen LogP contribution in [0.25, 0.3) is 0 Å². The van der Waals surface area contributed by atoms with Crippen molar-refractivity contribution in [3.8, 4) is 0 Å². The van der Waals surface area contributed by atoms with E-state index in [9.17, 15) is 4.79 Å². The highest BCUT2D eigenvalue weighted by Gasteiger charge is 2.01. The van der Waals surface area contributed by atoms with Crippen molar-refractivity contribution in [1.29, 1.82) is 0 Å². The van der Waals surface area contributed by atoms with Crippen LogP contribution in [0.1, 0.15) is 45.4 Å². The van der Waals surface area contributed by atoms with E-state index in [1.165, 1.54) is 0 Å². The highest BCUT2D eigenvalue weighted by atomic mass is 16.1. The second kappa shape index (κ2) is 7.22. The van der Waals surface area contributed by atoms with Crippen molar-refractivity contribution in [2.75, 3.05) is 0 Å². The topological polar surface area (TPSA) is 17.1 Å². The normalized spacial score (nSPS) is 26.6. The molecule has 0 spiro atoms. The fraction of sp³-hybridized carbons (Fsp3) is 0.500. The van der Waals surface area contributed by atoms with E-state index in [1.807, 2.05) is 0 Å². The maximum atomic E-state index is 11.3. The molecule has 0 heterocycles. The van der Waals surface area contributed by atoms with Crippen molar-refractivity contribution < 1.29 is 4.79 Å². The van der Waals surface area contributed by atoms with Crippen LogP contribution < -0.4 is 0 Å². The van der Waals surface area contributed by atoms with E-state index in [4.69, 9.17) is 0 Å². The lowest BCUT2D eigenvalue weighted by Crippen LogP contribution is -1.96. The van der Waals surface area contributed by atoms with Gasteiger partial charge in [-0.3, -0.25) is 4.79 Å². The second-order valence-corrected chi connectivity index (χ2v) is 3.93. The summed E-state index contributed by atoms with van der Waals surface area (Å²) in [4.78, 5) is 11.3. The number of rotatable bonds is 1. The molecule has 0 amide bonds. The first-order valence-electron chi connectivity index (χ1n) is 5.80. The SMILES string of the molecule is CC(=O)/C1=C\C/C=C\CC/C=C\CCC1. The van der Waals surface area contributed by atoms with Gasteiger partial charge in [-0.05, 0) is 51.0 Å². The summed E-state index contributed by atoms with van der Waals surface area (Å²) in [5.74, 6) is 0.226. The highest BCUT2D eigenvalue weighted by Crippen LogP contribution is 2.11. The van der Waals surface area contributed by atoms with Gasteiger partial charge in [-0.15, -0.1) is 0 Å². The van der Waals surface area contributed by atoms with Crippen LogP contribution in [0, 0.1) is 0 Å². The fourth-order valence-corrected chi connectivity index (χ4v) is 1.68. The number of ketones is 1. The van der Waals surface area contributed by atoms with Gasteiger partial charge in [0.2, 0.25) is 0 Å². The van der Waals surface area contributed by atoms with Crippen LogP contribution in [0.5, 0.6) is 0 Å². The molecule has 0 aromatic carbocycles. The molecule has 0 bridgehead atoms. The molecule has 1 aliphatic rings. The van der Waals surface area contributed by atoms with E-state index in [0.717, 1.165) is 44.1 Å². The molecular weight excluding hydrogens is 184 g/mol. The van der Waals surface area contributed by atoms with E-state index in [-0.39, 0.29) is 5.78 Å². The third-order valence-corrected chi connectivity index (χ3v) is 2.60. The van der Waals surface area contributed by atoms with E-state index < -0.39 is 0 Å². The lowest BCUT2D eigenvalue weighted by Gasteiger charge is -2.02. The van der Waals surface area contributed by atoms with Gasteiger partial charge < -0.3 is 0 Å². The summed E-state index contributed by atoms with van der Waals surface area (Å²) in [5, 5.41) is 0. The molecule has 1 nitrogen and oxygen atoms in total. The molecular formula is C14H20O. The molecule has 0 unspecified atom stereocenters. The van der Waals surface area contributed by atoms with Crippen molar-refractivity contribution in [2.45, 2.75) is 45.4 Å². The monoisotopic (exact) mass is 204 g/mol. The molecule has 0 saturated heterocycles. The Morgan fingerprint density at radius 2 is 1.73 bits per heavy atom. The zero-order chi connectivity index (χ0) is 10.9. The molecule has 15 heavy (non-hydrogen) atoms. The largest absolute Gasteiger partial charge is 0.295 e. The average Bonchev–Trinajstić information content (AvgIpc) is 2.18. The van der Waals surface area contributed by atoms with Crippen LogP contribution in [0.4, 0.5) is 0 Å². The van der Waals surface area contributed by atoms with Crippen molar-refractivity contribution in [3.63, 3.8) is 0 Å². The van der Waals surface area contributed by atoms with Crippen LogP contribution in [-0.2, 0) is 4.79 Å². The van der Waals surface area contributed by atoms with E-state index >= 15 is 0 Å². The summed E-state index contributed by atoms with van der Waals surface area (Å²) in [6, 6.07) is 0. The maximum Gasteiger partial charge on any atom is 0.155 e. The first-order valence-corrected chi connectivity index (χ1v) is 5.80. The molecule has 0 atom stereocenters. The summed E-state index contributed by atoms with van der Waals surface area (Å²) >= 11 is 0. The van der Waals surface area contributed by atoms with Gasteiger partial charge in [0.15, 0.2) is 5.78 Å². The zero-order valence-electron chi connectivity index (χ0n) is 9.54.